The molecule has 2 N–H and O–H groups in total. The van der Waals surface area contributed by atoms with Crippen LogP contribution in [0.4, 0.5) is 0 Å². The molecular weight excluding hydrogens is 164 g/mol. The minimum atomic E-state index is -0.396. The number of hydrogen-bond donors (Lipinski definition) is 1. The van der Waals surface area contributed by atoms with Crippen LogP contribution in [0.2, 0.25) is 0 Å². The van der Waals surface area contributed by atoms with Crippen molar-refractivity contribution < 1.29 is 4.79 Å². The molecule has 0 aliphatic carbocycles. The SMILES string of the molecule is CCN(CC)C(=O)[C@H](N)C(C)(C)C. The van der Waals surface area contributed by atoms with Gasteiger partial charge >= 0.3 is 0 Å². The maximum Gasteiger partial charge on any atom is 0.240 e. The lowest BCUT2D eigenvalue weighted by molar-refractivity contribution is -0.134. The average molecular weight is 186 g/mol. The standard InChI is InChI=1S/C10H22N2O/c1-6-12(7-2)9(13)8(11)10(3,4)5/h8H,6-7,11H2,1-5H3/t8-/m0/s1. The van der Waals surface area contributed by atoms with E-state index in [-0.39, 0.29) is 11.3 Å². The van der Waals surface area contributed by atoms with E-state index >= 15 is 0 Å². The molecule has 0 radical (unpaired) electrons. The lowest BCUT2D eigenvalue weighted by atomic mass is 9.86. The van der Waals surface area contributed by atoms with Gasteiger partial charge in [-0.2, -0.15) is 0 Å². The van der Waals surface area contributed by atoms with Gasteiger partial charge in [-0.15, -0.1) is 0 Å². The molecule has 0 fully saturated rings. The normalized spacial score (nSPS) is 14.0. The molecule has 0 bridgehead atoms. The Bertz CT molecular complexity index is 168. The molecule has 1 amide bonds. The van der Waals surface area contributed by atoms with Gasteiger partial charge in [-0.25, -0.2) is 0 Å². The summed E-state index contributed by atoms with van der Waals surface area (Å²) < 4.78 is 0. The van der Waals surface area contributed by atoms with E-state index in [1.54, 1.807) is 4.90 Å². The van der Waals surface area contributed by atoms with Gasteiger partial charge in [0.05, 0.1) is 6.04 Å². The van der Waals surface area contributed by atoms with E-state index < -0.39 is 6.04 Å². The molecule has 0 heterocycles. The van der Waals surface area contributed by atoms with Crippen LogP contribution in [0, 0.1) is 5.41 Å². The summed E-state index contributed by atoms with van der Waals surface area (Å²) >= 11 is 0. The number of rotatable bonds is 3. The first-order valence-electron chi connectivity index (χ1n) is 4.89. The highest BCUT2D eigenvalue weighted by Gasteiger charge is 2.29. The first-order valence-corrected chi connectivity index (χ1v) is 4.89. The third kappa shape index (κ3) is 3.35. The highest BCUT2D eigenvalue weighted by atomic mass is 16.2. The van der Waals surface area contributed by atoms with Crippen molar-refractivity contribution in [3.8, 4) is 0 Å². The smallest absolute Gasteiger partial charge is 0.240 e. The summed E-state index contributed by atoms with van der Waals surface area (Å²) in [5, 5.41) is 0. The number of carbonyl (C=O) groups excluding carboxylic acids is 1. The molecule has 0 aliphatic rings. The second kappa shape index (κ2) is 4.61. The summed E-state index contributed by atoms with van der Waals surface area (Å²) in [7, 11) is 0. The van der Waals surface area contributed by atoms with Crippen molar-refractivity contribution in [3.63, 3.8) is 0 Å². The zero-order chi connectivity index (χ0) is 10.6. The molecule has 0 aliphatic heterocycles. The van der Waals surface area contributed by atoms with E-state index in [2.05, 4.69) is 0 Å². The first kappa shape index (κ1) is 12.4. The maximum absolute atomic E-state index is 11.8. The van der Waals surface area contributed by atoms with Gasteiger partial charge in [-0.05, 0) is 19.3 Å². The molecule has 0 saturated carbocycles. The van der Waals surface area contributed by atoms with Gasteiger partial charge in [0, 0.05) is 13.1 Å². The Labute approximate surface area is 81.3 Å². The predicted molar refractivity (Wildman–Crippen MR) is 55.4 cm³/mol. The number of nitrogens with two attached hydrogens (primary N) is 1. The van der Waals surface area contributed by atoms with Gasteiger partial charge in [-0.3, -0.25) is 4.79 Å². The minimum absolute atomic E-state index is 0.0532. The molecule has 3 nitrogen and oxygen atoms in total. The Morgan fingerprint density at radius 3 is 1.92 bits per heavy atom. The summed E-state index contributed by atoms with van der Waals surface area (Å²) in [6.07, 6.45) is 0. The van der Waals surface area contributed by atoms with Crippen LogP contribution < -0.4 is 5.73 Å². The van der Waals surface area contributed by atoms with Crippen LogP contribution >= 0.6 is 0 Å². The average Bonchev–Trinajstić information content (AvgIpc) is 2.03. The maximum atomic E-state index is 11.8. The Morgan fingerprint density at radius 1 is 1.31 bits per heavy atom. The minimum Gasteiger partial charge on any atom is -0.342 e. The zero-order valence-electron chi connectivity index (χ0n) is 9.42. The molecule has 13 heavy (non-hydrogen) atoms. The van der Waals surface area contributed by atoms with Crippen molar-refractivity contribution in [3.05, 3.63) is 0 Å². The highest BCUT2D eigenvalue weighted by Crippen LogP contribution is 2.18. The fourth-order valence-corrected chi connectivity index (χ4v) is 1.10. The van der Waals surface area contributed by atoms with Crippen LogP contribution in [0.15, 0.2) is 0 Å². The molecule has 0 aromatic carbocycles. The first-order chi connectivity index (χ1) is 5.84. The van der Waals surface area contributed by atoms with Crippen molar-refractivity contribution in [2.45, 2.75) is 40.7 Å². The van der Waals surface area contributed by atoms with E-state index in [0.29, 0.717) is 0 Å². The van der Waals surface area contributed by atoms with Gasteiger partial charge in [-0.1, -0.05) is 20.8 Å². The van der Waals surface area contributed by atoms with Gasteiger partial charge < -0.3 is 10.6 Å². The monoisotopic (exact) mass is 186 g/mol. The summed E-state index contributed by atoms with van der Waals surface area (Å²) in [6, 6.07) is -0.396. The molecule has 0 rings (SSSR count). The molecule has 0 aromatic heterocycles. The highest BCUT2D eigenvalue weighted by molar-refractivity contribution is 5.82. The molecule has 0 aromatic rings. The van der Waals surface area contributed by atoms with Crippen LogP contribution in [0.3, 0.4) is 0 Å². The number of likely N-dealkylation sites (N-methyl/N-ethyl adjacent to an activating group) is 1. The van der Waals surface area contributed by atoms with Crippen molar-refractivity contribution >= 4 is 5.91 Å². The van der Waals surface area contributed by atoms with Crippen molar-refractivity contribution in [1.29, 1.82) is 0 Å². The van der Waals surface area contributed by atoms with Crippen molar-refractivity contribution in [2.75, 3.05) is 13.1 Å². The molecule has 0 spiro atoms. The fraction of sp³-hybridized carbons (Fsp3) is 0.900. The van der Waals surface area contributed by atoms with E-state index in [0.717, 1.165) is 13.1 Å². The molecule has 1 atom stereocenters. The van der Waals surface area contributed by atoms with Crippen LogP contribution in [-0.2, 0) is 4.79 Å². The van der Waals surface area contributed by atoms with Crippen LogP contribution in [0.5, 0.6) is 0 Å². The molecule has 78 valence electrons. The molecular formula is C10H22N2O. The van der Waals surface area contributed by atoms with Gasteiger partial charge in [0.15, 0.2) is 0 Å². The van der Waals surface area contributed by atoms with Gasteiger partial charge in [0.25, 0.3) is 0 Å². The quantitative estimate of drug-likeness (QED) is 0.720. The van der Waals surface area contributed by atoms with E-state index in [1.807, 2.05) is 34.6 Å². The third-order valence-electron chi connectivity index (χ3n) is 2.27. The Balaban J connectivity index is 4.41. The molecule has 0 unspecified atom stereocenters. The van der Waals surface area contributed by atoms with Crippen LogP contribution in [0.25, 0.3) is 0 Å². The van der Waals surface area contributed by atoms with E-state index in [4.69, 9.17) is 5.73 Å². The lowest BCUT2D eigenvalue weighted by Gasteiger charge is -2.30. The van der Waals surface area contributed by atoms with Crippen molar-refractivity contribution in [1.82, 2.24) is 4.90 Å². The lowest BCUT2D eigenvalue weighted by Crippen LogP contribution is -2.50. The number of nitrogens with zero attached hydrogens (tertiary/aromatic N) is 1. The number of amides is 1. The molecule has 0 saturated heterocycles. The Morgan fingerprint density at radius 2 is 1.69 bits per heavy atom. The zero-order valence-corrected chi connectivity index (χ0v) is 9.42. The number of carbonyl (C=O) groups is 1. The summed E-state index contributed by atoms with van der Waals surface area (Å²) in [6.45, 7) is 11.4. The van der Waals surface area contributed by atoms with Crippen LogP contribution in [-0.4, -0.2) is 29.9 Å². The van der Waals surface area contributed by atoms with E-state index in [9.17, 15) is 4.79 Å². The Hall–Kier alpha value is -0.570. The second-order valence-electron chi connectivity index (χ2n) is 4.35. The van der Waals surface area contributed by atoms with Gasteiger partial charge in [0.1, 0.15) is 0 Å². The third-order valence-corrected chi connectivity index (χ3v) is 2.27. The molecule has 3 heteroatoms. The van der Waals surface area contributed by atoms with Gasteiger partial charge in [0.2, 0.25) is 5.91 Å². The second-order valence-corrected chi connectivity index (χ2v) is 4.35. The van der Waals surface area contributed by atoms with Crippen molar-refractivity contribution in [2.24, 2.45) is 11.1 Å². The summed E-state index contributed by atoms with van der Waals surface area (Å²) in [5.74, 6) is 0.0532. The number of hydrogen-bond acceptors (Lipinski definition) is 2. The van der Waals surface area contributed by atoms with E-state index in [1.165, 1.54) is 0 Å². The topological polar surface area (TPSA) is 46.3 Å². The Kier molecular flexibility index (Phi) is 4.40. The summed E-state index contributed by atoms with van der Waals surface area (Å²) in [5.41, 5.74) is 5.70. The fourth-order valence-electron chi connectivity index (χ4n) is 1.10. The predicted octanol–water partition coefficient (Wildman–Crippen LogP) is 1.23. The largest absolute Gasteiger partial charge is 0.342 e. The summed E-state index contributed by atoms with van der Waals surface area (Å²) in [4.78, 5) is 13.5. The van der Waals surface area contributed by atoms with Crippen LogP contribution in [0.1, 0.15) is 34.6 Å².